The van der Waals surface area contributed by atoms with Crippen LogP contribution in [0.1, 0.15) is 46.1 Å². The maximum atomic E-state index is 12.6. The molecule has 27 heavy (non-hydrogen) atoms. The van der Waals surface area contributed by atoms with Gasteiger partial charge in [-0.2, -0.15) is 0 Å². The Balaban J connectivity index is 2.71. The van der Waals surface area contributed by atoms with E-state index in [2.05, 4.69) is 10.6 Å². The molecule has 0 radical (unpaired) electrons. The van der Waals surface area contributed by atoms with Crippen LogP contribution in [0.3, 0.4) is 0 Å². The molecule has 0 aliphatic rings. The van der Waals surface area contributed by atoms with Crippen molar-refractivity contribution >= 4 is 18.0 Å². The van der Waals surface area contributed by atoms with E-state index < -0.39 is 30.1 Å². The highest BCUT2D eigenvalue weighted by Crippen LogP contribution is 2.11. The molecule has 0 heterocycles. The number of rotatable bonds is 10. The van der Waals surface area contributed by atoms with Crippen LogP contribution in [0.25, 0.3) is 0 Å². The highest BCUT2D eigenvalue weighted by molar-refractivity contribution is 5.89. The van der Waals surface area contributed by atoms with Crippen LogP contribution in [0, 0.1) is 11.8 Å². The molecule has 0 aromatic heterocycles. The number of amides is 2. The number of carbonyl (C=O) groups excluding carboxylic acids is 2. The summed E-state index contributed by atoms with van der Waals surface area (Å²) in [6.45, 7) is 7.57. The fourth-order valence-corrected chi connectivity index (χ4v) is 2.55. The first-order valence-electron chi connectivity index (χ1n) is 9.24. The minimum atomic E-state index is -1.09. The molecule has 0 aliphatic carbocycles. The topological polar surface area (TPSA) is 105 Å². The van der Waals surface area contributed by atoms with Gasteiger partial charge in [0.25, 0.3) is 0 Å². The van der Waals surface area contributed by atoms with Gasteiger partial charge in [0.2, 0.25) is 5.91 Å². The minimum Gasteiger partial charge on any atom is -0.480 e. The van der Waals surface area contributed by atoms with Gasteiger partial charge in [-0.25, -0.2) is 9.59 Å². The molecule has 0 spiro atoms. The van der Waals surface area contributed by atoms with Gasteiger partial charge in [-0.3, -0.25) is 4.79 Å². The van der Waals surface area contributed by atoms with Crippen LogP contribution in [0.15, 0.2) is 30.3 Å². The molecular weight excluding hydrogens is 348 g/mol. The maximum absolute atomic E-state index is 12.6. The zero-order valence-corrected chi connectivity index (χ0v) is 16.4. The smallest absolute Gasteiger partial charge is 0.408 e. The Bertz CT molecular complexity index is 618. The van der Waals surface area contributed by atoms with Crippen molar-refractivity contribution in [1.82, 2.24) is 10.6 Å². The second-order valence-electron chi connectivity index (χ2n) is 7.10. The van der Waals surface area contributed by atoms with Crippen molar-refractivity contribution in [3.05, 3.63) is 35.9 Å². The molecule has 150 valence electrons. The molecule has 2 amide bonds. The lowest BCUT2D eigenvalue weighted by molar-refractivity contribution is -0.142. The average molecular weight is 378 g/mol. The van der Waals surface area contributed by atoms with Crippen LogP contribution in [0.4, 0.5) is 4.79 Å². The lowest BCUT2D eigenvalue weighted by Crippen LogP contribution is -2.54. The van der Waals surface area contributed by atoms with E-state index in [1.807, 2.05) is 58.0 Å². The minimum absolute atomic E-state index is 0.0899. The number of nitrogens with one attached hydrogen (secondary N) is 2. The van der Waals surface area contributed by atoms with Crippen molar-refractivity contribution in [3.8, 4) is 0 Å². The summed E-state index contributed by atoms with van der Waals surface area (Å²) in [7, 11) is 0. The summed E-state index contributed by atoms with van der Waals surface area (Å²) < 4.78 is 5.17. The van der Waals surface area contributed by atoms with Gasteiger partial charge in [0.15, 0.2) is 0 Å². The van der Waals surface area contributed by atoms with Gasteiger partial charge >= 0.3 is 12.1 Å². The third-order valence-electron chi connectivity index (χ3n) is 4.30. The van der Waals surface area contributed by atoms with Crippen LogP contribution in [0.2, 0.25) is 0 Å². The molecule has 1 rings (SSSR count). The van der Waals surface area contributed by atoms with Crippen molar-refractivity contribution in [2.45, 2.75) is 59.2 Å². The van der Waals surface area contributed by atoms with Gasteiger partial charge in [-0.15, -0.1) is 0 Å². The number of carboxylic acids is 1. The van der Waals surface area contributed by atoms with Crippen molar-refractivity contribution in [1.29, 1.82) is 0 Å². The number of aliphatic carboxylic acids is 1. The molecule has 7 heteroatoms. The number of carbonyl (C=O) groups is 3. The fraction of sp³-hybridized carbons (Fsp3) is 0.550. The van der Waals surface area contributed by atoms with E-state index in [9.17, 15) is 19.5 Å². The van der Waals surface area contributed by atoms with E-state index in [1.54, 1.807) is 0 Å². The van der Waals surface area contributed by atoms with Crippen LogP contribution in [-0.4, -0.2) is 35.2 Å². The predicted molar refractivity (Wildman–Crippen MR) is 102 cm³/mol. The lowest BCUT2D eigenvalue weighted by Gasteiger charge is -2.25. The van der Waals surface area contributed by atoms with E-state index in [-0.39, 0.29) is 18.4 Å². The first kappa shape index (κ1) is 22.5. The summed E-state index contributed by atoms with van der Waals surface area (Å²) in [4.78, 5) is 36.1. The first-order chi connectivity index (χ1) is 12.7. The zero-order chi connectivity index (χ0) is 20.4. The van der Waals surface area contributed by atoms with E-state index in [1.165, 1.54) is 0 Å². The zero-order valence-electron chi connectivity index (χ0n) is 16.4. The first-order valence-corrected chi connectivity index (χ1v) is 9.24. The third kappa shape index (κ3) is 8.11. The van der Waals surface area contributed by atoms with E-state index in [0.717, 1.165) is 5.56 Å². The summed E-state index contributed by atoms with van der Waals surface area (Å²) in [5.74, 6) is -1.68. The van der Waals surface area contributed by atoms with Crippen molar-refractivity contribution < 1.29 is 24.2 Å². The molecule has 1 aromatic carbocycles. The monoisotopic (exact) mass is 378 g/mol. The average Bonchev–Trinajstić information content (AvgIpc) is 2.63. The SMILES string of the molecule is CC[C@H](C)[C@@H](NC(=O)OCc1ccccc1)C(=O)N[C@H](CC(C)C)C(=O)O. The Kier molecular flexibility index (Phi) is 9.33. The standard InChI is InChI=1S/C20H30N2O5/c1-5-14(4)17(18(23)21-16(19(24)25)11-13(2)3)22-20(26)27-12-15-9-7-6-8-10-15/h6-10,13-14,16-17H,5,11-12H2,1-4H3,(H,21,23)(H,22,26)(H,24,25)/t14-,16+,17+/m0/s1. The summed E-state index contributed by atoms with van der Waals surface area (Å²) in [5.41, 5.74) is 0.833. The van der Waals surface area contributed by atoms with Crippen LogP contribution >= 0.6 is 0 Å². The van der Waals surface area contributed by atoms with Crippen LogP contribution < -0.4 is 10.6 Å². The molecule has 0 unspecified atom stereocenters. The Morgan fingerprint density at radius 2 is 1.70 bits per heavy atom. The summed E-state index contributed by atoms with van der Waals surface area (Å²) in [6, 6.07) is 7.34. The third-order valence-corrected chi connectivity index (χ3v) is 4.30. The molecule has 0 saturated heterocycles. The van der Waals surface area contributed by atoms with Gasteiger partial charge < -0.3 is 20.5 Å². The summed E-state index contributed by atoms with van der Waals surface area (Å²) in [5, 5.41) is 14.4. The molecule has 0 fully saturated rings. The van der Waals surface area contributed by atoms with Crippen molar-refractivity contribution in [2.24, 2.45) is 11.8 Å². The molecule has 3 atom stereocenters. The summed E-state index contributed by atoms with van der Waals surface area (Å²) in [6.07, 6.45) is 0.237. The second kappa shape index (κ2) is 11.2. The largest absolute Gasteiger partial charge is 0.480 e. The van der Waals surface area contributed by atoms with E-state index in [0.29, 0.717) is 12.8 Å². The number of hydrogen-bond acceptors (Lipinski definition) is 4. The number of carboxylic acid groups (broad SMARTS) is 1. The molecular formula is C20H30N2O5. The highest BCUT2D eigenvalue weighted by atomic mass is 16.5. The Hall–Kier alpha value is -2.57. The van der Waals surface area contributed by atoms with Crippen LogP contribution in [-0.2, 0) is 20.9 Å². The normalized spacial score (nSPS) is 14.1. The van der Waals surface area contributed by atoms with E-state index in [4.69, 9.17) is 4.74 Å². The van der Waals surface area contributed by atoms with Gasteiger partial charge in [0.1, 0.15) is 18.7 Å². The number of alkyl carbamates (subject to hydrolysis) is 1. The maximum Gasteiger partial charge on any atom is 0.408 e. The predicted octanol–water partition coefficient (Wildman–Crippen LogP) is 2.94. The summed E-state index contributed by atoms with van der Waals surface area (Å²) >= 11 is 0. The molecule has 0 saturated carbocycles. The molecule has 7 nitrogen and oxygen atoms in total. The Morgan fingerprint density at radius 1 is 1.07 bits per heavy atom. The van der Waals surface area contributed by atoms with Gasteiger partial charge in [-0.05, 0) is 23.8 Å². The molecule has 0 bridgehead atoms. The van der Waals surface area contributed by atoms with Crippen molar-refractivity contribution in [2.75, 3.05) is 0 Å². The Morgan fingerprint density at radius 3 is 2.22 bits per heavy atom. The second-order valence-corrected chi connectivity index (χ2v) is 7.10. The molecule has 1 aromatic rings. The molecule has 0 aliphatic heterocycles. The number of hydrogen-bond donors (Lipinski definition) is 3. The lowest BCUT2D eigenvalue weighted by atomic mass is 9.97. The number of ether oxygens (including phenoxy) is 1. The quantitative estimate of drug-likeness (QED) is 0.581. The van der Waals surface area contributed by atoms with Gasteiger partial charge in [-0.1, -0.05) is 64.4 Å². The highest BCUT2D eigenvalue weighted by Gasteiger charge is 2.30. The van der Waals surface area contributed by atoms with Crippen LogP contribution in [0.5, 0.6) is 0 Å². The van der Waals surface area contributed by atoms with E-state index >= 15 is 0 Å². The van der Waals surface area contributed by atoms with Gasteiger partial charge in [0, 0.05) is 0 Å². The Labute approximate surface area is 160 Å². The number of benzene rings is 1. The van der Waals surface area contributed by atoms with Gasteiger partial charge in [0.05, 0.1) is 0 Å². The molecule has 3 N–H and O–H groups in total. The van der Waals surface area contributed by atoms with Crippen molar-refractivity contribution in [3.63, 3.8) is 0 Å². The fourth-order valence-electron chi connectivity index (χ4n) is 2.55.